The van der Waals surface area contributed by atoms with Gasteiger partial charge in [-0.3, -0.25) is 24.3 Å². The van der Waals surface area contributed by atoms with Gasteiger partial charge in [0.25, 0.3) is 11.5 Å². The summed E-state index contributed by atoms with van der Waals surface area (Å²) in [5.41, 5.74) is 0.344. The monoisotopic (exact) mass is 1230 g/mol. The lowest BCUT2D eigenvalue weighted by Crippen LogP contribution is -2.56. The molecule has 1 aliphatic carbocycles. The van der Waals surface area contributed by atoms with E-state index >= 15 is 13.2 Å². The minimum Gasteiger partial charge on any atom is -0.508 e. The van der Waals surface area contributed by atoms with Crippen LogP contribution in [0.4, 0.5) is 28.2 Å². The van der Waals surface area contributed by atoms with Crippen LogP contribution in [0.15, 0.2) is 59.5 Å². The van der Waals surface area contributed by atoms with E-state index in [1.165, 1.54) is 41.1 Å². The number of phenolic OH excluding ortho intramolecular Hbond substituents is 1. The number of benzene rings is 3. The fourth-order valence-electron chi connectivity index (χ4n) is 15.2. The average Bonchev–Trinajstić information content (AvgIpc) is 1.46. The Morgan fingerprint density at radius 1 is 0.978 bits per heavy atom. The number of rotatable bonds is 14. The maximum absolute atomic E-state index is 17.4. The normalized spacial score (nSPS) is 22.9. The van der Waals surface area contributed by atoms with E-state index in [9.17, 15) is 38.6 Å². The number of piperazine rings is 1. The van der Waals surface area contributed by atoms with Crippen molar-refractivity contribution in [1.82, 2.24) is 44.9 Å². The van der Waals surface area contributed by atoms with E-state index in [0.717, 1.165) is 12.0 Å². The summed E-state index contributed by atoms with van der Waals surface area (Å²) < 4.78 is 81.5. The van der Waals surface area contributed by atoms with Crippen LogP contribution in [0, 0.1) is 36.7 Å². The quantitative estimate of drug-likeness (QED) is 0.0269. The second kappa shape index (κ2) is 22.1. The summed E-state index contributed by atoms with van der Waals surface area (Å²) in [6, 6.07) is 6.70. The van der Waals surface area contributed by atoms with Gasteiger partial charge in [-0.25, -0.2) is 32.1 Å². The molecule has 14 rings (SSSR count). The Morgan fingerprint density at radius 2 is 1.78 bits per heavy atom. The van der Waals surface area contributed by atoms with Crippen LogP contribution in [-0.4, -0.2) is 138 Å². The Bertz CT molecular complexity index is 4410. The second-order valence-electron chi connectivity index (χ2n) is 24.7. The molecule has 90 heavy (non-hydrogen) atoms. The van der Waals surface area contributed by atoms with Crippen molar-refractivity contribution in [3.8, 4) is 46.7 Å². The van der Waals surface area contributed by atoms with Crippen LogP contribution in [0.3, 0.4) is 0 Å². The summed E-state index contributed by atoms with van der Waals surface area (Å²) in [6.45, 7) is 8.21. The van der Waals surface area contributed by atoms with Crippen molar-refractivity contribution in [3.05, 3.63) is 121 Å². The van der Waals surface area contributed by atoms with Crippen LogP contribution >= 0.6 is 0 Å². The summed E-state index contributed by atoms with van der Waals surface area (Å²) in [5.74, 6) is -1.28. The fraction of sp³-hybridized carbons (Fsp3) is 0.409. The van der Waals surface area contributed by atoms with Crippen LogP contribution in [-0.2, 0) is 49.0 Å². The third kappa shape index (κ3) is 9.44. The van der Waals surface area contributed by atoms with Crippen molar-refractivity contribution in [2.24, 2.45) is 0 Å². The first-order valence-electron chi connectivity index (χ1n) is 30.3. The van der Waals surface area contributed by atoms with Gasteiger partial charge in [-0.05, 0) is 111 Å². The smallest absolute Gasteiger partial charge is 0.407 e. The van der Waals surface area contributed by atoms with Gasteiger partial charge in [-0.2, -0.15) is 9.97 Å². The summed E-state index contributed by atoms with van der Waals surface area (Å²) in [5, 5.41) is 29.4. The Kier molecular flexibility index (Phi) is 14.3. The minimum atomic E-state index is -2.05. The SMILES string of the molecule is C#Cc1c(F)ccc2cc(O)cc(-c3ncc4c(N5CC6CCC(C5)N6C(=O)C(=C)COC(=O)NCCCC(=O)N[C@H]5CCc6c(C)c(F)cc7nc8c(c5c67)Cn5c-8cc6c(c5=O)COC(=O)[C@]6(O)CC)nc(OC[C@@]56CCCN5C[C@H](F)C6)nc4c3F)c12. The molecule has 10 heterocycles. The molecule has 7 aliphatic rings. The number of nitrogens with zero attached hydrogens (tertiary/aromatic N) is 8. The fourth-order valence-corrected chi connectivity index (χ4v) is 15.2. The highest BCUT2D eigenvalue weighted by atomic mass is 19.1. The highest BCUT2D eigenvalue weighted by Crippen LogP contribution is 2.48. The van der Waals surface area contributed by atoms with Crippen LogP contribution in [0.2, 0.25) is 0 Å². The van der Waals surface area contributed by atoms with E-state index in [1.807, 2.05) is 4.90 Å². The Hall–Kier alpha value is -9.21. The lowest BCUT2D eigenvalue weighted by Gasteiger charge is -2.42. The molecular formula is C66H62F4N10O10. The van der Waals surface area contributed by atoms with Crippen molar-refractivity contribution in [2.75, 3.05) is 50.8 Å². The summed E-state index contributed by atoms with van der Waals surface area (Å²) in [6.07, 6.45) is 9.35. The molecule has 24 heteroatoms. The number of terminal acetylenes is 1. The van der Waals surface area contributed by atoms with E-state index in [-0.39, 0.29) is 157 Å². The molecule has 7 aromatic rings. The molecule has 464 valence electrons. The molecule has 4 saturated heterocycles. The predicted octanol–water partition coefficient (Wildman–Crippen LogP) is 7.65. The topological polar surface area (TPSA) is 244 Å². The predicted molar refractivity (Wildman–Crippen MR) is 320 cm³/mol. The van der Waals surface area contributed by atoms with Crippen molar-refractivity contribution in [3.63, 3.8) is 0 Å². The number of pyridine rings is 3. The van der Waals surface area contributed by atoms with E-state index in [1.54, 1.807) is 24.8 Å². The highest BCUT2D eigenvalue weighted by Gasteiger charge is 2.51. The van der Waals surface area contributed by atoms with Gasteiger partial charge in [0.2, 0.25) is 5.91 Å². The number of cyclic esters (lactones) is 1. The number of halogens is 4. The van der Waals surface area contributed by atoms with Crippen molar-refractivity contribution >= 4 is 62.3 Å². The number of aromatic nitrogens is 5. The number of hydrogen-bond acceptors (Lipinski definition) is 16. The molecule has 4 N–H and O–H groups in total. The number of aliphatic hydroxyl groups is 1. The highest BCUT2D eigenvalue weighted by molar-refractivity contribution is 6.03. The standard InChI is InChI=1S/C66H62F4N10O10/c1-5-39-46(68)14-10-34-19-38(81)20-41(52(34)39)57-55(70)58-42(24-72-57)59(76-63(75-58)90-31-65-16-8-18-78(65)25-35(67)23-65)77-26-36-11-12-37(27-77)80(36)60(83)32(3)29-89-64(86)71-17-7-9-51(82)73-48-15-13-40-33(4)47(69)22-49-53(40)54(48)43-28-79-50(56(43)74-49)21-45-44(61(79)84)30-88-62(85)66(45,87)6-2/h1,10,14,19-22,24,35-37,48,81,87H,3,6-9,11-13,15-18,23,25-31H2,2,4H3,(H,71,86)(H,73,82)/t35-,36?,37?,48+,65+,66+/m1/s1. The van der Waals surface area contributed by atoms with Crippen LogP contribution in [0.1, 0.15) is 110 Å². The molecular weight excluding hydrogens is 1170 g/mol. The number of amides is 3. The molecule has 3 amide bonds. The van der Waals surface area contributed by atoms with Gasteiger partial charge in [0.05, 0.1) is 63.6 Å². The van der Waals surface area contributed by atoms with Crippen molar-refractivity contribution < 1.29 is 61.2 Å². The Labute approximate surface area is 512 Å². The maximum atomic E-state index is 17.4. The minimum absolute atomic E-state index is 0.00286. The van der Waals surface area contributed by atoms with Crippen LogP contribution in [0.25, 0.3) is 55.2 Å². The number of anilines is 1. The number of carbonyl (C=O) groups is 4. The molecule has 0 spiro atoms. The van der Waals surface area contributed by atoms with Gasteiger partial charge in [0.1, 0.15) is 60.4 Å². The van der Waals surface area contributed by atoms with Crippen molar-refractivity contribution in [1.29, 1.82) is 0 Å². The first kappa shape index (κ1) is 58.5. The zero-order chi connectivity index (χ0) is 62.8. The number of phenols is 1. The summed E-state index contributed by atoms with van der Waals surface area (Å²) in [7, 11) is 0. The molecule has 6 aliphatic heterocycles. The van der Waals surface area contributed by atoms with Gasteiger partial charge in [-0.1, -0.05) is 25.5 Å². The van der Waals surface area contributed by atoms with Gasteiger partial charge in [0, 0.05) is 84.3 Å². The number of alkyl halides is 1. The average molecular weight is 1230 g/mol. The number of esters is 1. The number of alkyl carbamates (subject to hydrolysis) is 1. The van der Waals surface area contributed by atoms with Gasteiger partial charge in [0.15, 0.2) is 11.4 Å². The summed E-state index contributed by atoms with van der Waals surface area (Å²) >= 11 is 0. The van der Waals surface area contributed by atoms with E-state index in [4.69, 9.17) is 30.6 Å². The Balaban J connectivity index is 0.631. The first-order chi connectivity index (χ1) is 43.3. The van der Waals surface area contributed by atoms with Crippen molar-refractivity contribution in [2.45, 2.75) is 127 Å². The molecule has 2 bridgehead atoms. The molecule has 0 radical (unpaired) electrons. The Morgan fingerprint density at radius 3 is 2.56 bits per heavy atom. The maximum Gasteiger partial charge on any atom is 0.407 e. The second-order valence-corrected chi connectivity index (χ2v) is 24.7. The van der Waals surface area contributed by atoms with E-state index in [0.29, 0.717) is 83.0 Å². The number of fused-ring (bicyclic) bond motifs is 10. The number of ether oxygens (including phenoxy) is 3. The van der Waals surface area contributed by atoms with Gasteiger partial charge in [-0.15, -0.1) is 6.42 Å². The number of aromatic hydroxyl groups is 1. The summed E-state index contributed by atoms with van der Waals surface area (Å²) in [4.78, 5) is 92.4. The largest absolute Gasteiger partial charge is 0.508 e. The molecule has 2 unspecified atom stereocenters. The lowest BCUT2D eigenvalue weighted by molar-refractivity contribution is -0.172. The molecule has 0 saturated carbocycles. The number of carbonyl (C=O) groups excluding carboxylic acids is 4. The molecule has 20 nitrogen and oxygen atoms in total. The van der Waals surface area contributed by atoms with E-state index in [2.05, 4.69) is 38.0 Å². The van der Waals surface area contributed by atoms with Crippen LogP contribution in [0.5, 0.6) is 11.8 Å². The third-order valence-electron chi connectivity index (χ3n) is 19.6. The first-order valence-corrected chi connectivity index (χ1v) is 30.3. The number of nitrogens with one attached hydrogen (secondary N) is 2. The van der Waals surface area contributed by atoms with Gasteiger partial charge >= 0.3 is 18.1 Å². The molecule has 6 atom stereocenters. The third-order valence-corrected chi connectivity index (χ3v) is 19.6. The lowest BCUT2D eigenvalue weighted by atomic mass is 9.81. The number of aryl methyl sites for hydroxylation is 1. The molecule has 3 aromatic carbocycles. The molecule has 4 aromatic heterocycles. The molecule has 4 fully saturated rings. The van der Waals surface area contributed by atoms with Gasteiger partial charge < -0.3 is 49.4 Å². The zero-order valence-electron chi connectivity index (χ0n) is 49.3. The van der Waals surface area contributed by atoms with E-state index < -0.39 is 70.9 Å². The zero-order valence-corrected chi connectivity index (χ0v) is 49.3. The van der Waals surface area contributed by atoms with Crippen LogP contribution < -0.4 is 25.8 Å². The number of hydrogen-bond donors (Lipinski definition) is 4.